The first-order valence-electron chi connectivity index (χ1n) is 9.99. The van der Waals surface area contributed by atoms with E-state index in [0.29, 0.717) is 33.7 Å². The number of aromatic nitrogens is 1. The number of amides is 1. The molecule has 0 saturated heterocycles. The number of nitrogens with zero attached hydrogens (tertiary/aromatic N) is 2. The summed E-state index contributed by atoms with van der Waals surface area (Å²) in [7, 11) is 0. The minimum absolute atomic E-state index is 0.163. The third-order valence-electron chi connectivity index (χ3n) is 4.86. The molecule has 4 rings (SSSR count). The van der Waals surface area contributed by atoms with Crippen LogP contribution in [0.1, 0.15) is 49.3 Å². The molecule has 6 heteroatoms. The first-order valence-corrected chi connectivity index (χ1v) is 9.99. The maximum atomic E-state index is 12.3. The van der Waals surface area contributed by atoms with Crippen LogP contribution in [-0.4, -0.2) is 28.2 Å². The van der Waals surface area contributed by atoms with Crippen LogP contribution in [0, 0.1) is 5.41 Å². The number of benzene rings is 2. The molecule has 0 atom stereocenters. The minimum Gasteiger partial charge on any atom is -0.456 e. The second kappa shape index (κ2) is 7.47. The van der Waals surface area contributed by atoms with E-state index in [1.54, 1.807) is 24.3 Å². The van der Waals surface area contributed by atoms with Crippen molar-refractivity contribution in [1.29, 1.82) is 5.41 Å². The van der Waals surface area contributed by atoms with Gasteiger partial charge in [-0.2, -0.15) is 0 Å². The van der Waals surface area contributed by atoms with Gasteiger partial charge in [-0.3, -0.25) is 15.1 Å². The summed E-state index contributed by atoms with van der Waals surface area (Å²) in [5.74, 6) is -0.543. The summed E-state index contributed by atoms with van der Waals surface area (Å²) in [6.45, 7) is 6.97. The van der Waals surface area contributed by atoms with Gasteiger partial charge in [0.15, 0.2) is 0 Å². The SMILES string of the molecule is CC(=O)N1/C(=C\c2ccc3cc(C(=O)OC(C)(C)C)ccc3n2)C(=N)c2ccccc21. The van der Waals surface area contributed by atoms with Crippen LogP contribution in [0.2, 0.25) is 0 Å². The second-order valence-corrected chi connectivity index (χ2v) is 8.42. The van der Waals surface area contributed by atoms with Crippen molar-refractivity contribution in [2.24, 2.45) is 0 Å². The topological polar surface area (TPSA) is 83.3 Å². The average molecular weight is 413 g/mol. The van der Waals surface area contributed by atoms with Gasteiger partial charge in [-0.05, 0) is 57.2 Å². The molecule has 2 heterocycles. The van der Waals surface area contributed by atoms with Crippen molar-refractivity contribution in [3.05, 3.63) is 77.1 Å². The van der Waals surface area contributed by atoms with Crippen molar-refractivity contribution in [1.82, 2.24) is 4.98 Å². The summed E-state index contributed by atoms with van der Waals surface area (Å²) < 4.78 is 5.43. The molecule has 0 aliphatic carbocycles. The molecular formula is C25H23N3O3. The Bertz CT molecular complexity index is 1270. The molecule has 0 radical (unpaired) electrons. The van der Waals surface area contributed by atoms with E-state index < -0.39 is 5.60 Å². The Morgan fingerprint density at radius 2 is 1.81 bits per heavy atom. The molecular weight excluding hydrogens is 390 g/mol. The number of pyridine rings is 1. The van der Waals surface area contributed by atoms with Crippen molar-refractivity contribution >= 4 is 40.3 Å². The molecule has 0 spiro atoms. The van der Waals surface area contributed by atoms with Crippen LogP contribution in [-0.2, 0) is 9.53 Å². The highest BCUT2D eigenvalue weighted by atomic mass is 16.6. The van der Waals surface area contributed by atoms with Crippen LogP contribution < -0.4 is 4.90 Å². The number of nitrogens with one attached hydrogen (secondary N) is 1. The van der Waals surface area contributed by atoms with Crippen LogP contribution >= 0.6 is 0 Å². The number of anilines is 1. The number of fused-ring (bicyclic) bond motifs is 2. The molecule has 1 aromatic heterocycles. The number of hydrogen-bond donors (Lipinski definition) is 1. The Morgan fingerprint density at radius 3 is 2.52 bits per heavy atom. The maximum Gasteiger partial charge on any atom is 0.338 e. The van der Waals surface area contributed by atoms with E-state index >= 15 is 0 Å². The molecule has 0 unspecified atom stereocenters. The minimum atomic E-state index is -0.563. The largest absolute Gasteiger partial charge is 0.456 e. The molecule has 2 aromatic carbocycles. The fraction of sp³-hybridized carbons (Fsp3) is 0.200. The van der Waals surface area contributed by atoms with Gasteiger partial charge in [0.1, 0.15) is 5.60 Å². The van der Waals surface area contributed by atoms with Gasteiger partial charge in [0.05, 0.1) is 33.9 Å². The molecule has 156 valence electrons. The highest BCUT2D eigenvalue weighted by molar-refractivity contribution is 6.27. The Labute approximate surface area is 180 Å². The van der Waals surface area contributed by atoms with Crippen LogP contribution in [0.5, 0.6) is 0 Å². The van der Waals surface area contributed by atoms with Crippen molar-refractivity contribution in [2.45, 2.75) is 33.3 Å². The first kappa shape index (κ1) is 20.5. The predicted octanol–water partition coefficient (Wildman–Crippen LogP) is 4.97. The van der Waals surface area contributed by atoms with E-state index in [4.69, 9.17) is 10.1 Å². The van der Waals surface area contributed by atoms with Crippen LogP contribution in [0.25, 0.3) is 17.0 Å². The van der Waals surface area contributed by atoms with Gasteiger partial charge in [-0.1, -0.05) is 24.3 Å². The van der Waals surface area contributed by atoms with E-state index in [0.717, 1.165) is 5.39 Å². The van der Waals surface area contributed by atoms with Gasteiger partial charge >= 0.3 is 5.97 Å². The van der Waals surface area contributed by atoms with E-state index in [1.807, 2.05) is 57.2 Å². The van der Waals surface area contributed by atoms with E-state index in [2.05, 4.69) is 4.98 Å². The van der Waals surface area contributed by atoms with Crippen molar-refractivity contribution < 1.29 is 14.3 Å². The van der Waals surface area contributed by atoms with Gasteiger partial charge in [-0.15, -0.1) is 0 Å². The van der Waals surface area contributed by atoms with Crippen molar-refractivity contribution in [3.8, 4) is 0 Å². The Morgan fingerprint density at radius 1 is 1.06 bits per heavy atom. The van der Waals surface area contributed by atoms with Gasteiger partial charge in [0.2, 0.25) is 5.91 Å². The van der Waals surface area contributed by atoms with E-state index in [9.17, 15) is 9.59 Å². The van der Waals surface area contributed by atoms with Crippen molar-refractivity contribution in [2.75, 3.05) is 4.90 Å². The van der Waals surface area contributed by atoms with Crippen molar-refractivity contribution in [3.63, 3.8) is 0 Å². The third-order valence-corrected chi connectivity index (χ3v) is 4.86. The maximum absolute atomic E-state index is 12.3. The predicted molar refractivity (Wildman–Crippen MR) is 121 cm³/mol. The molecule has 0 bridgehead atoms. The fourth-order valence-electron chi connectivity index (χ4n) is 3.56. The standard InChI is InChI=1S/C25H23N3O3/c1-15(29)28-21-8-6-5-7-19(21)23(26)22(28)14-18-11-9-16-13-17(10-12-20(16)27-18)24(30)31-25(2,3)4/h5-14,26H,1-4H3/b22-14-,26-23?. The highest BCUT2D eigenvalue weighted by Gasteiger charge is 2.31. The fourth-order valence-corrected chi connectivity index (χ4v) is 3.56. The zero-order valence-corrected chi connectivity index (χ0v) is 17.9. The molecule has 1 aliphatic rings. The number of carbonyl (C=O) groups is 2. The summed E-state index contributed by atoms with van der Waals surface area (Å²) in [6.07, 6.45) is 1.74. The summed E-state index contributed by atoms with van der Waals surface area (Å²) in [6, 6.07) is 16.3. The van der Waals surface area contributed by atoms with Gasteiger partial charge in [0, 0.05) is 17.9 Å². The third kappa shape index (κ3) is 3.97. The molecule has 1 N–H and O–H groups in total. The molecule has 6 nitrogen and oxygen atoms in total. The monoisotopic (exact) mass is 413 g/mol. The zero-order chi connectivity index (χ0) is 22.3. The number of hydrogen-bond acceptors (Lipinski definition) is 5. The Balaban J connectivity index is 1.70. The van der Waals surface area contributed by atoms with Crippen LogP contribution in [0.3, 0.4) is 0 Å². The number of rotatable bonds is 2. The molecule has 31 heavy (non-hydrogen) atoms. The van der Waals surface area contributed by atoms with E-state index in [-0.39, 0.29) is 17.6 Å². The number of ether oxygens (including phenoxy) is 1. The van der Waals surface area contributed by atoms with Crippen LogP contribution in [0.4, 0.5) is 5.69 Å². The van der Waals surface area contributed by atoms with E-state index in [1.165, 1.54) is 11.8 Å². The molecule has 0 fully saturated rings. The smallest absolute Gasteiger partial charge is 0.338 e. The lowest BCUT2D eigenvalue weighted by atomic mass is 10.1. The molecule has 1 amide bonds. The zero-order valence-electron chi connectivity index (χ0n) is 17.9. The molecule has 0 saturated carbocycles. The number of esters is 1. The summed E-state index contributed by atoms with van der Waals surface area (Å²) in [5, 5.41) is 9.33. The molecule has 1 aliphatic heterocycles. The summed E-state index contributed by atoms with van der Waals surface area (Å²) in [4.78, 5) is 30.8. The number of allylic oxidation sites excluding steroid dienone is 1. The molecule has 3 aromatic rings. The Hall–Kier alpha value is -3.80. The lowest BCUT2D eigenvalue weighted by molar-refractivity contribution is -0.116. The lowest BCUT2D eigenvalue weighted by Gasteiger charge is -2.19. The lowest BCUT2D eigenvalue weighted by Crippen LogP contribution is -2.25. The highest BCUT2D eigenvalue weighted by Crippen LogP contribution is 2.35. The normalized spacial score (nSPS) is 14.8. The second-order valence-electron chi connectivity index (χ2n) is 8.42. The number of para-hydroxylation sites is 1. The first-order chi connectivity index (χ1) is 14.6. The Kier molecular flexibility index (Phi) is 4.93. The summed E-state index contributed by atoms with van der Waals surface area (Å²) in [5.41, 5.74) is 3.42. The summed E-state index contributed by atoms with van der Waals surface area (Å²) >= 11 is 0. The quantitative estimate of drug-likeness (QED) is 0.602. The average Bonchev–Trinajstić information content (AvgIpc) is 2.98. The van der Waals surface area contributed by atoms with Gasteiger partial charge in [-0.25, -0.2) is 9.78 Å². The van der Waals surface area contributed by atoms with Crippen LogP contribution in [0.15, 0.2) is 60.3 Å². The van der Waals surface area contributed by atoms with Gasteiger partial charge < -0.3 is 4.74 Å². The van der Waals surface area contributed by atoms with Gasteiger partial charge in [0.25, 0.3) is 0 Å². The number of carbonyl (C=O) groups excluding carboxylic acids is 2.